The van der Waals surface area contributed by atoms with Gasteiger partial charge in [-0.15, -0.1) is 0 Å². The predicted molar refractivity (Wildman–Crippen MR) is 66.3 cm³/mol. The molecule has 0 aliphatic rings. The summed E-state index contributed by atoms with van der Waals surface area (Å²) in [6.07, 6.45) is 0. The number of hydrogen-bond donors (Lipinski definition) is 2. The maximum absolute atomic E-state index is 11.6. The number of hydrazine groups is 1. The average molecular weight is 237 g/mol. The van der Waals surface area contributed by atoms with Crippen molar-refractivity contribution in [1.82, 2.24) is 10.3 Å². The van der Waals surface area contributed by atoms with Gasteiger partial charge in [0.2, 0.25) is 0 Å². The fraction of sp³-hybridized carbons (Fsp3) is 0.417. The Kier molecular flexibility index (Phi) is 5.62. The van der Waals surface area contributed by atoms with Gasteiger partial charge < -0.3 is 4.74 Å². The Morgan fingerprint density at radius 3 is 2.82 bits per heavy atom. The Balaban J connectivity index is 2.73. The molecule has 0 heterocycles. The summed E-state index contributed by atoms with van der Waals surface area (Å²) >= 11 is 0. The Morgan fingerprint density at radius 1 is 1.47 bits per heavy atom. The monoisotopic (exact) mass is 237 g/mol. The van der Waals surface area contributed by atoms with Crippen LogP contribution in [0.15, 0.2) is 24.3 Å². The second-order valence-electron chi connectivity index (χ2n) is 3.86. The van der Waals surface area contributed by atoms with Gasteiger partial charge in [-0.1, -0.05) is 18.2 Å². The first-order valence-corrected chi connectivity index (χ1v) is 5.45. The van der Waals surface area contributed by atoms with Crippen molar-refractivity contribution in [3.05, 3.63) is 35.4 Å². The number of nitrogens with zero attached hydrogens (tertiary/aromatic N) is 1. The van der Waals surface area contributed by atoms with E-state index in [-0.39, 0.29) is 5.91 Å². The molecule has 0 aromatic heterocycles. The lowest BCUT2D eigenvalue weighted by molar-refractivity contribution is 0.0951. The van der Waals surface area contributed by atoms with Gasteiger partial charge in [0.1, 0.15) is 0 Å². The number of benzene rings is 1. The summed E-state index contributed by atoms with van der Waals surface area (Å²) in [6, 6.07) is 7.42. The molecule has 1 rings (SSSR count). The number of carbonyl (C=O) groups excluding carboxylic acids is 1. The standard InChI is InChI=1S/C12H19N3O2/c1-15(7-8-17-2)9-10-5-3-4-6-11(10)12(16)14-13/h3-6H,7-9,13H2,1-2H3,(H,14,16). The maximum atomic E-state index is 11.6. The van der Waals surface area contributed by atoms with E-state index < -0.39 is 0 Å². The predicted octanol–water partition coefficient (Wildman–Crippen LogP) is 0.368. The van der Waals surface area contributed by atoms with Crippen molar-refractivity contribution in [2.45, 2.75) is 6.54 Å². The summed E-state index contributed by atoms with van der Waals surface area (Å²) in [5.74, 6) is 4.89. The molecular formula is C12H19N3O2. The third kappa shape index (κ3) is 4.14. The highest BCUT2D eigenvalue weighted by molar-refractivity contribution is 5.95. The van der Waals surface area contributed by atoms with Crippen LogP contribution in [0.4, 0.5) is 0 Å². The third-order valence-electron chi connectivity index (χ3n) is 2.51. The fourth-order valence-electron chi connectivity index (χ4n) is 1.57. The number of carbonyl (C=O) groups is 1. The topological polar surface area (TPSA) is 67.6 Å². The molecular weight excluding hydrogens is 218 g/mol. The van der Waals surface area contributed by atoms with E-state index in [0.717, 1.165) is 12.1 Å². The van der Waals surface area contributed by atoms with Crippen molar-refractivity contribution < 1.29 is 9.53 Å². The third-order valence-corrected chi connectivity index (χ3v) is 2.51. The van der Waals surface area contributed by atoms with Crippen molar-refractivity contribution in [2.75, 3.05) is 27.3 Å². The average Bonchev–Trinajstić information content (AvgIpc) is 2.36. The molecule has 5 nitrogen and oxygen atoms in total. The molecule has 0 radical (unpaired) electrons. The Bertz CT molecular complexity index is 369. The first kappa shape index (κ1) is 13.6. The Labute approximate surface area is 102 Å². The highest BCUT2D eigenvalue weighted by Crippen LogP contribution is 2.10. The van der Waals surface area contributed by atoms with Crippen LogP contribution >= 0.6 is 0 Å². The van der Waals surface area contributed by atoms with Gasteiger partial charge in [0, 0.05) is 25.8 Å². The van der Waals surface area contributed by atoms with Crippen LogP contribution in [0, 0.1) is 0 Å². The second-order valence-corrected chi connectivity index (χ2v) is 3.86. The van der Waals surface area contributed by atoms with Gasteiger partial charge in [-0.25, -0.2) is 5.84 Å². The normalized spacial score (nSPS) is 10.6. The molecule has 5 heteroatoms. The maximum Gasteiger partial charge on any atom is 0.265 e. The van der Waals surface area contributed by atoms with E-state index in [1.807, 2.05) is 25.2 Å². The lowest BCUT2D eigenvalue weighted by Crippen LogP contribution is -2.31. The van der Waals surface area contributed by atoms with E-state index in [2.05, 4.69) is 10.3 Å². The van der Waals surface area contributed by atoms with Gasteiger partial charge in [-0.2, -0.15) is 0 Å². The number of hydrogen-bond acceptors (Lipinski definition) is 4. The number of amides is 1. The Morgan fingerprint density at radius 2 is 2.18 bits per heavy atom. The highest BCUT2D eigenvalue weighted by atomic mass is 16.5. The van der Waals surface area contributed by atoms with Crippen LogP contribution in [0.3, 0.4) is 0 Å². The van der Waals surface area contributed by atoms with Crippen LogP contribution < -0.4 is 11.3 Å². The van der Waals surface area contributed by atoms with Crippen molar-refractivity contribution in [1.29, 1.82) is 0 Å². The molecule has 0 fully saturated rings. The highest BCUT2D eigenvalue weighted by Gasteiger charge is 2.10. The van der Waals surface area contributed by atoms with Crippen molar-refractivity contribution in [3.63, 3.8) is 0 Å². The van der Waals surface area contributed by atoms with Gasteiger partial charge in [0.05, 0.1) is 6.61 Å². The van der Waals surface area contributed by atoms with Crippen LogP contribution in [-0.4, -0.2) is 38.1 Å². The molecule has 0 unspecified atom stereocenters. The number of nitrogens with two attached hydrogens (primary N) is 1. The zero-order valence-electron chi connectivity index (χ0n) is 10.3. The van der Waals surface area contributed by atoms with Gasteiger partial charge in [0.15, 0.2) is 0 Å². The van der Waals surface area contributed by atoms with E-state index in [0.29, 0.717) is 18.7 Å². The molecule has 0 saturated carbocycles. The van der Waals surface area contributed by atoms with E-state index in [1.165, 1.54) is 0 Å². The van der Waals surface area contributed by atoms with Gasteiger partial charge in [-0.3, -0.25) is 15.1 Å². The molecule has 0 aliphatic heterocycles. The molecule has 17 heavy (non-hydrogen) atoms. The van der Waals surface area contributed by atoms with Crippen molar-refractivity contribution in [2.24, 2.45) is 5.84 Å². The molecule has 0 bridgehead atoms. The lowest BCUT2D eigenvalue weighted by atomic mass is 10.1. The number of ether oxygens (including phenoxy) is 1. The zero-order valence-corrected chi connectivity index (χ0v) is 10.3. The Hall–Kier alpha value is -1.43. The van der Waals surface area contributed by atoms with Crippen LogP contribution in [0.2, 0.25) is 0 Å². The first-order valence-electron chi connectivity index (χ1n) is 5.45. The fourth-order valence-corrected chi connectivity index (χ4v) is 1.57. The van der Waals surface area contributed by atoms with E-state index >= 15 is 0 Å². The lowest BCUT2D eigenvalue weighted by Gasteiger charge is -2.17. The van der Waals surface area contributed by atoms with E-state index in [4.69, 9.17) is 10.6 Å². The van der Waals surface area contributed by atoms with Gasteiger partial charge in [-0.05, 0) is 18.7 Å². The second kappa shape index (κ2) is 7.01. The number of nitrogen functional groups attached to an aromatic ring is 1. The van der Waals surface area contributed by atoms with E-state index in [9.17, 15) is 4.79 Å². The smallest absolute Gasteiger partial charge is 0.265 e. The number of nitrogens with one attached hydrogen (secondary N) is 1. The summed E-state index contributed by atoms with van der Waals surface area (Å²) < 4.78 is 5.01. The van der Waals surface area contributed by atoms with Gasteiger partial charge in [0.25, 0.3) is 5.91 Å². The summed E-state index contributed by atoms with van der Waals surface area (Å²) in [7, 11) is 3.65. The molecule has 1 amide bonds. The van der Waals surface area contributed by atoms with Crippen molar-refractivity contribution >= 4 is 5.91 Å². The summed E-state index contributed by atoms with van der Waals surface area (Å²) in [5.41, 5.74) is 3.72. The minimum absolute atomic E-state index is 0.263. The molecule has 3 N–H and O–H groups in total. The molecule has 0 saturated heterocycles. The number of rotatable bonds is 6. The van der Waals surface area contributed by atoms with E-state index in [1.54, 1.807) is 13.2 Å². The van der Waals surface area contributed by atoms with Crippen LogP contribution in [0.25, 0.3) is 0 Å². The van der Waals surface area contributed by atoms with Crippen LogP contribution in [-0.2, 0) is 11.3 Å². The molecule has 0 spiro atoms. The molecule has 1 aromatic rings. The van der Waals surface area contributed by atoms with Gasteiger partial charge >= 0.3 is 0 Å². The molecule has 0 aliphatic carbocycles. The summed E-state index contributed by atoms with van der Waals surface area (Å²) in [5, 5.41) is 0. The molecule has 1 aromatic carbocycles. The number of likely N-dealkylation sites (N-methyl/N-ethyl adjacent to an activating group) is 1. The first-order chi connectivity index (χ1) is 8.19. The number of methoxy groups -OCH3 is 1. The minimum atomic E-state index is -0.263. The van der Waals surface area contributed by atoms with Crippen LogP contribution in [0.1, 0.15) is 15.9 Å². The molecule has 0 atom stereocenters. The zero-order chi connectivity index (χ0) is 12.7. The minimum Gasteiger partial charge on any atom is -0.383 e. The largest absolute Gasteiger partial charge is 0.383 e. The van der Waals surface area contributed by atoms with Crippen molar-refractivity contribution in [3.8, 4) is 0 Å². The SMILES string of the molecule is COCCN(C)Cc1ccccc1C(=O)NN. The van der Waals surface area contributed by atoms with Crippen LogP contribution in [0.5, 0.6) is 0 Å². The summed E-state index contributed by atoms with van der Waals surface area (Å²) in [6.45, 7) is 2.17. The summed E-state index contributed by atoms with van der Waals surface area (Å²) in [4.78, 5) is 13.6. The quantitative estimate of drug-likeness (QED) is 0.426. The molecule has 94 valence electrons.